The standard InChI is InChI=1S/C21H19N3/c1-15-7-9-20(10-8-15)24-16(2)12-18(17(24)3)13-19(14-22)21-6-4-5-11-23-21/h4-13H,1-3H3/b19-13+. The summed E-state index contributed by atoms with van der Waals surface area (Å²) >= 11 is 0. The van der Waals surface area contributed by atoms with Crippen LogP contribution in [0.1, 0.15) is 28.2 Å². The van der Waals surface area contributed by atoms with Crippen molar-refractivity contribution in [2.24, 2.45) is 0 Å². The van der Waals surface area contributed by atoms with Crippen LogP contribution >= 0.6 is 0 Å². The first-order valence-electron chi connectivity index (χ1n) is 7.89. The molecule has 0 radical (unpaired) electrons. The molecule has 0 aliphatic carbocycles. The quantitative estimate of drug-likeness (QED) is 0.648. The van der Waals surface area contributed by atoms with Gasteiger partial charge in [0.25, 0.3) is 0 Å². The summed E-state index contributed by atoms with van der Waals surface area (Å²) in [5, 5.41) is 9.49. The third kappa shape index (κ3) is 3.00. The number of rotatable bonds is 3. The molecule has 0 saturated heterocycles. The number of nitriles is 1. The number of aromatic nitrogens is 2. The van der Waals surface area contributed by atoms with Crippen molar-refractivity contribution in [3.05, 3.63) is 82.9 Å². The van der Waals surface area contributed by atoms with E-state index in [1.807, 2.05) is 24.3 Å². The Morgan fingerprint density at radius 1 is 1.08 bits per heavy atom. The molecule has 0 aliphatic rings. The number of pyridine rings is 1. The van der Waals surface area contributed by atoms with E-state index in [4.69, 9.17) is 0 Å². The van der Waals surface area contributed by atoms with Crippen molar-refractivity contribution in [3.63, 3.8) is 0 Å². The second kappa shape index (κ2) is 6.55. The molecule has 0 aliphatic heterocycles. The van der Waals surface area contributed by atoms with Gasteiger partial charge in [-0.15, -0.1) is 0 Å². The van der Waals surface area contributed by atoms with Gasteiger partial charge in [0.05, 0.1) is 11.3 Å². The summed E-state index contributed by atoms with van der Waals surface area (Å²) in [5.41, 5.74) is 6.92. The number of nitrogens with zero attached hydrogens (tertiary/aromatic N) is 3. The number of hydrogen-bond donors (Lipinski definition) is 0. The highest BCUT2D eigenvalue weighted by molar-refractivity contribution is 5.88. The second-order valence-electron chi connectivity index (χ2n) is 5.88. The molecule has 0 fully saturated rings. The molecule has 3 rings (SSSR count). The van der Waals surface area contributed by atoms with Crippen molar-refractivity contribution < 1.29 is 0 Å². The fourth-order valence-electron chi connectivity index (χ4n) is 2.87. The summed E-state index contributed by atoms with van der Waals surface area (Å²) in [6, 6.07) is 18.4. The minimum atomic E-state index is 0.569. The lowest BCUT2D eigenvalue weighted by Gasteiger charge is -2.10. The summed E-state index contributed by atoms with van der Waals surface area (Å²) < 4.78 is 2.21. The fourth-order valence-corrected chi connectivity index (χ4v) is 2.87. The van der Waals surface area contributed by atoms with Crippen molar-refractivity contribution in [2.45, 2.75) is 20.8 Å². The first-order valence-corrected chi connectivity index (χ1v) is 7.89. The zero-order valence-electron chi connectivity index (χ0n) is 14.1. The number of aryl methyl sites for hydroxylation is 2. The molecule has 118 valence electrons. The lowest BCUT2D eigenvalue weighted by atomic mass is 10.1. The number of allylic oxidation sites excluding steroid dienone is 1. The molecule has 0 unspecified atom stereocenters. The van der Waals surface area contributed by atoms with Gasteiger partial charge in [0, 0.05) is 23.3 Å². The van der Waals surface area contributed by atoms with E-state index in [9.17, 15) is 5.26 Å². The maximum absolute atomic E-state index is 9.49. The summed E-state index contributed by atoms with van der Waals surface area (Å²) in [7, 11) is 0. The maximum atomic E-state index is 9.49. The van der Waals surface area contributed by atoms with E-state index in [-0.39, 0.29) is 0 Å². The van der Waals surface area contributed by atoms with Crippen LogP contribution in [-0.4, -0.2) is 9.55 Å². The smallest absolute Gasteiger partial charge is 0.101 e. The van der Waals surface area contributed by atoms with Crippen molar-refractivity contribution in [3.8, 4) is 11.8 Å². The molecule has 3 heteroatoms. The van der Waals surface area contributed by atoms with Gasteiger partial charge in [0.2, 0.25) is 0 Å². The molecule has 2 aromatic heterocycles. The summed E-state index contributed by atoms with van der Waals surface area (Å²) in [4.78, 5) is 4.28. The van der Waals surface area contributed by atoms with Crippen molar-refractivity contribution in [2.75, 3.05) is 0 Å². The minimum Gasteiger partial charge on any atom is -0.318 e. The minimum absolute atomic E-state index is 0.569. The summed E-state index contributed by atoms with van der Waals surface area (Å²) in [5.74, 6) is 0. The summed E-state index contributed by atoms with van der Waals surface area (Å²) in [6.07, 6.45) is 3.62. The number of hydrogen-bond acceptors (Lipinski definition) is 2. The molecule has 3 nitrogen and oxygen atoms in total. The molecule has 0 amide bonds. The highest BCUT2D eigenvalue weighted by Crippen LogP contribution is 2.24. The van der Waals surface area contributed by atoms with Crippen LogP contribution in [0.15, 0.2) is 54.7 Å². The van der Waals surface area contributed by atoms with Gasteiger partial charge in [0.1, 0.15) is 6.07 Å². The Morgan fingerprint density at radius 3 is 2.46 bits per heavy atom. The van der Waals surface area contributed by atoms with Crippen molar-refractivity contribution >= 4 is 11.6 Å². The molecule has 0 N–H and O–H groups in total. The predicted molar refractivity (Wildman–Crippen MR) is 97.7 cm³/mol. The first-order chi connectivity index (χ1) is 11.6. The topological polar surface area (TPSA) is 41.6 Å². The highest BCUT2D eigenvalue weighted by Gasteiger charge is 2.11. The van der Waals surface area contributed by atoms with Crippen LogP contribution in [0, 0.1) is 32.1 Å². The zero-order valence-corrected chi connectivity index (χ0v) is 14.1. The highest BCUT2D eigenvalue weighted by atomic mass is 15.0. The lowest BCUT2D eigenvalue weighted by Crippen LogP contribution is -1.99. The van der Waals surface area contributed by atoms with Gasteiger partial charge in [-0.25, -0.2) is 0 Å². The van der Waals surface area contributed by atoms with Gasteiger partial charge < -0.3 is 4.57 Å². The van der Waals surface area contributed by atoms with Gasteiger partial charge in [0.15, 0.2) is 0 Å². The Hall–Kier alpha value is -3.12. The Kier molecular flexibility index (Phi) is 4.31. The lowest BCUT2D eigenvalue weighted by molar-refractivity contribution is 0.963. The molecule has 2 heterocycles. The molecule has 1 aromatic carbocycles. The van der Waals surface area contributed by atoms with Crippen LogP contribution in [-0.2, 0) is 0 Å². The third-order valence-corrected chi connectivity index (χ3v) is 4.12. The van der Waals surface area contributed by atoms with Crippen LogP contribution < -0.4 is 0 Å². The van der Waals surface area contributed by atoms with Gasteiger partial charge in [-0.3, -0.25) is 4.98 Å². The van der Waals surface area contributed by atoms with E-state index in [0.717, 1.165) is 22.6 Å². The van der Waals surface area contributed by atoms with Crippen LogP contribution in [0.5, 0.6) is 0 Å². The SMILES string of the molecule is Cc1ccc(-n2c(C)cc(/C=C(\C#N)c3ccccn3)c2C)cc1. The first kappa shape index (κ1) is 15.8. The van der Waals surface area contributed by atoms with E-state index in [0.29, 0.717) is 11.3 Å². The Morgan fingerprint density at radius 2 is 1.83 bits per heavy atom. The van der Waals surface area contributed by atoms with Crippen LogP contribution in [0.2, 0.25) is 0 Å². The molecule has 0 atom stereocenters. The van der Waals surface area contributed by atoms with E-state index in [1.54, 1.807) is 6.20 Å². The third-order valence-electron chi connectivity index (χ3n) is 4.12. The second-order valence-corrected chi connectivity index (χ2v) is 5.88. The van der Waals surface area contributed by atoms with Gasteiger partial charge in [-0.05, 0) is 62.7 Å². The average Bonchev–Trinajstić information content (AvgIpc) is 2.88. The molecule has 0 bridgehead atoms. The average molecular weight is 313 g/mol. The monoisotopic (exact) mass is 313 g/mol. The fraction of sp³-hybridized carbons (Fsp3) is 0.143. The Bertz CT molecular complexity index is 924. The van der Waals surface area contributed by atoms with Gasteiger partial charge >= 0.3 is 0 Å². The van der Waals surface area contributed by atoms with E-state index >= 15 is 0 Å². The van der Waals surface area contributed by atoms with E-state index < -0.39 is 0 Å². The van der Waals surface area contributed by atoms with Crippen LogP contribution in [0.3, 0.4) is 0 Å². The van der Waals surface area contributed by atoms with Gasteiger partial charge in [-0.2, -0.15) is 5.26 Å². The molecule has 0 spiro atoms. The Labute approximate surface area is 142 Å². The molecular formula is C21H19N3. The van der Waals surface area contributed by atoms with Crippen LogP contribution in [0.4, 0.5) is 0 Å². The maximum Gasteiger partial charge on any atom is 0.101 e. The normalized spacial score (nSPS) is 11.3. The zero-order chi connectivity index (χ0) is 17.1. The number of benzene rings is 1. The van der Waals surface area contributed by atoms with E-state index in [1.165, 1.54) is 5.56 Å². The molecule has 24 heavy (non-hydrogen) atoms. The molecular weight excluding hydrogens is 294 g/mol. The van der Waals surface area contributed by atoms with Crippen LogP contribution in [0.25, 0.3) is 17.3 Å². The van der Waals surface area contributed by atoms with Crippen molar-refractivity contribution in [1.82, 2.24) is 9.55 Å². The predicted octanol–water partition coefficient (Wildman–Crippen LogP) is 4.86. The summed E-state index contributed by atoms with van der Waals surface area (Å²) in [6.45, 7) is 6.24. The van der Waals surface area contributed by atoms with Gasteiger partial charge in [-0.1, -0.05) is 23.8 Å². The Balaban J connectivity index is 2.08. The molecule has 0 saturated carbocycles. The van der Waals surface area contributed by atoms with Crippen molar-refractivity contribution in [1.29, 1.82) is 5.26 Å². The van der Waals surface area contributed by atoms with E-state index in [2.05, 4.69) is 66.7 Å². The molecule has 3 aromatic rings. The largest absolute Gasteiger partial charge is 0.318 e.